The highest BCUT2D eigenvalue weighted by atomic mass is 79.9. The van der Waals surface area contributed by atoms with E-state index in [-0.39, 0.29) is 17.5 Å². The summed E-state index contributed by atoms with van der Waals surface area (Å²) in [7, 11) is 0. The Hall–Kier alpha value is -0.450. The van der Waals surface area contributed by atoms with Crippen molar-refractivity contribution >= 4 is 15.9 Å². The Morgan fingerprint density at radius 2 is 2.00 bits per heavy atom. The summed E-state index contributed by atoms with van der Waals surface area (Å²) in [4.78, 5) is 0. The Bertz CT molecular complexity index is 389. The molecule has 0 spiro atoms. The van der Waals surface area contributed by atoms with E-state index in [1.54, 1.807) is 6.07 Å². The second kappa shape index (κ2) is 7.36. The van der Waals surface area contributed by atoms with Gasteiger partial charge in [-0.25, -0.2) is 4.39 Å². The molecule has 2 nitrogen and oxygen atoms in total. The lowest BCUT2D eigenvalue weighted by molar-refractivity contribution is -0.0377. The van der Waals surface area contributed by atoms with E-state index in [0.29, 0.717) is 6.61 Å². The molecule has 4 heteroatoms. The summed E-state index contributed by atoms with van der Waals surface area (Å²) in [5.41, 5.74) is 0.675. The third kappa shape index (κ3) is 5.21. The van der Waals surface area contributed by atoms with Gasteiger partial charge >= 0.3 is 0 Å². The molecule has 0 aromatic heterocycles. The van der Waals surface area contributed by atoms with Crippen LogP contribution in [0.2, 0.25) is 0 Å². The van der Waals surface area contributed by atoms with Crippen molar-refractivity contribution in [1.82, 2.24) is 5.32 Å². The Morgan fingerprint density at radius 3 is 2.53 bits per heavy atom. The van der Waals surface area contributed by atoms with E-state index in [9.17, 15) is 4.39 Å². The summed E-state index contributed by atoms with van der Waals surface area (Å²) in [6.45, 7) is 9.72. The molecule has 0 radical (unpaired) electrons. The number of likely N-dealkylation sites (N-methyl/N-ethyl adjacent to an activating group) is 1. The Balaban J connectivity index is 2.88. The van der Waals surface area contributed by atoms with Crippen LogP contribution in [0.25, 0.3) is 0 Å². The minimum Gasteiger partial charge on any atom is -0.374 e. The average molecular weight is 332 g/mol. The molecule has 0 fully saturated rings. The maximum atomic E-state index is 13.4. The number of halogens is 2. The molecule has 1 N–H and O–H groups in total. The summed E-state index contributed by atoms with van der Waals surface area (Å²) in [5, 5.41) is 3.43. The molecule has 0 saturated carbocycles. The van der Waals surface area contributed by atoms with E-state index < -0.39 is 0 Å². The molecule has 0 saturated heterocycles. The molecule has 0 aliphatic rings. The van der Waals surface area contributed by atoms with Gasteiger partial charge in [-0.15, -0.1) is 0 Å². The molecule has 1 aromatic rings. The molecule has 0 amide bonds. The molecule has 1 aromatic carbocycles. The minimum absolute atomic E-state index is 0.145. The van der Waals surface area contributed by atoms with Gasteiger partial charge in [-0.2, -0.15) is 0 Å². The quantitative estimate of drug-likeness (QED) is 0.817. The number of nitrogens with one attached hydrogen (secondary N) is 1. The van der Waals surface area contributed by atoms with Gasteiger partial charge in [0, 0.05) is 17.1 Å². The third-order valence-electron chi connectivity index (χ3n) is 3.17. The fourth-order valence-corrected chi connectivity index (χ4v) is 2.76. The summed E-state index contributed by atoms with van der Waals surface area (Å²) in [5.74, 6) is -0.214. The number of hydrogen-bond donors (Lipinski definition) is 1. The van der Waals surface area contributed by atoms with Crippen LogP contribution in [0.1, 0.15) is 33.3 Å². The number of ether oxygens (including phenoxy) is 1. The average Bonchev–Trinajstić information content (AvgIpc) is 2.27. The SMILES string of the molecule is CCNC(Cc1cc(F)cc(Br)c1)C(C)(C)OCC. The van der Waals surface area contributed by atoms with Crippen LogP contribution in [-0.4, -0.2) is 24.8 Å². The predicted molar refractivity (Wildman–Crippen MR) is 81.0 cm³/mol. The molecule has 0 bridgehead atoms. The normalized spacial score (nSPS) is 13.6. The molecule has 108 valence electrons. The van der Waals surface area contributed by atoms with E-state index in [0.717, 1.165) is 23.0 Å². The summed E-state index contributed by atoms with van der Waals surface area (Å²) in [6, 6.07) is 5.15. The van der Waals surface area contributed by atoms with Crippen LogP contribution < -0.4 is 5.32 Å². The summed E-state index contributed by atoms with van der Waals surface area (Å²) in [6.07, 6.45) is 0.733. The van der Waals surface area contributed by atoms with Gasteiger partial charge in [0.15, 0.2) is 0 Å². The smallest absolute Gasteiger partial charge is 0.124 e. The topological polar surface area (TPSA) is 21.3 Å². The first-order chi connectivity index (χ1) is 8.89. The van der Waals surface area contributed by atoms with Crippen molar-refractivity contribution in [3.63, 3.8) is 0 Å². The van der Waals surface area contributed by atoms with E-state index in [1.165, 1.54) is 6.07 Å². The van der Waals surface area contributed by atoms with Crippen LogP contribution in [0.5, 0.6) is 0 Å². The lowest BCUT2D eigenvalue weighted by Crippen LogP contribution is -2.50. The van der Waals surface area contributed by atoms with Crippen LogP contribution in [0.4, 0.5) is 4.39 Å². The molecule has 19 heavy (non-hydrogen) atoms. The summed E-state index contributed by atoms with van der Waals surface area (Å²) < 4.78 is 20.0. The Kier molecular flexibility index (Phi) is 6.43. The zero-order chi connectivity index (χ0) is 14.5. The van der Waals surface area contributed by atoms with E-state index in [2.05, 4.69) is 42.0 Å². The van der Waals surface area contributed by atoms with Gasteiger partial charge in [0.1, 0.15) is 5.82 Å². The highest BCUT2D eigenvalue weighted by molar-refractivity contribution is 9.10. The number of hydrogen-bond acceptors (Lipinski definition) is 2. The molecule has 1 atom stereocenters. The highest BCUT2D eigenvalue weighted by Crippen LogP contribution is 2.22. The van der Waals surface area contributed by atoms with Gasteiger partial charge in [-0.3, -0.25) is 0 Å². The van der Waals surface area contributed by atoms with Crippen LogP contribution >= 0.6 is 15.9 Å². The Labute approximate surface area is 123 Å². The monoisotopic (exact) mass is 331 g/mol. The first-order valence-corrected chi connectivity index (χ1v) is 7.50. The maximum Gasteiger partial charge on any atom is 0.124 e. The lowest BCUT2D eigenvalue weighted by Gasteiger charge is -2.35. The third-order valence-corrected chi connectivity index (χ3v) is 3.63. The minimum atomic E-state index is -0.288. The molecule has 1 rings (SSSR count). The molecule has 0 heterocycles. The fourth-order valence-electron chi connectivity index (χ4n) is 2.25. The van der Waals surface area contributed by atoms with Crippen LogP contribution in [0.3, 0.4) is 0 Å². The molecular weight excluding hydrogens is 309 g/mol. The van der Waals surface area contributed by atoms with Crippen molar-refractivity contribution < 1.29 is 9.13 Å². The van der Waals surface area contributed by atoms with Gasteiger partial charge < -0.3 is 10.1 Å². The van der Waals surface area contributed by atoms with Crippen LogP contribution in [-0.2, 0) is 11.2 Å². The number of rotatable bonds is 7. The van der Waals surface area contributed by atoms with Crippen molar-refractivity contribution in [1.29, 1.82) is 0 Å². The molecule has 0 aliphatic heterocycles. The van der Waals surface area contributed by atoms with Gasteiger partial charge in [-0.1, -0.05) is 22.9 Å². The van der Waals surface area contributed by atoms with Crippen LogP contribution in [0.15, 0.2) is 22.7 Å². The van der Waals surface area contributed by atoms with E-state index in [4.69, 9.17) is 4.74 Å². The predicted octanol–water partition coefficient (Wildman–Crippen LogP) is 3.92. The van der Waals surface area contributed by atoms with Crippen molar-refractivity contribution in [3.05, 3.63) is 34.1 Å². The number of benzene rings is 1. The molecule has 0 aliphatic carbocycles. The maximum absolute atomic E-state index is 13.4. The fraction of sp³-hybridized carbons (Fsp3) is 0.600. The van der Waals surface area contributed by atoms with E-state index >= 15 is 0 Å². The molecular formula is C15H23BrFNO. The van der Waals surface area contributed by atoms with Gasteiger partial charge in [0.05, 0.1) is 5.60 Å². The van der Waals surface area contributed by atoms with Gasteiger partial charge in [0.2, 0.25) is 0 Å². The largest absolute Gasteiger partial charge is 0.374 e. The van der Waals surface area contributed by atoms with E-state index in [1.807, 2.05) is 13.0 Å². The zero-order valence-electron chi connectivity index (χ0n) is 12.1. The van der Waals surface area contributed by atoms with Gasteiger partial charge in [-0.05, 0) is 57.5 Å². The van der Waals surface area contributed by atoms with Crippen molar-refractivity contribution in [3.8, 4) is 0 Å². The summed E-state index contributed by atoms with van der Waals surface area (Å²) >= 11 is 3.33. The lowest BCUT2D eigenvalue weighted by atomic mass is 9.92. The van der Waals surface area contributed by atoms with Crippen molar-refractivity contribution in [2.75, 3.05) is 13.2 Å². The Morgan fingerprint density at radius 1 is 1.32 bits per heavy atom. The second-order valence-electron chi connectivity index (χ2n) is 5.13. The highest BCUT2D eigenvalue weighted by Gasteiger charge is 2.29. The first kappa shape index (κ1) is 16.6. The molecule has 1 unspecified atom stereocenters. The second-order valence-corrected chi connectivity index (χ2v) is 6.04. The van der Waals surface area contributed by atoms with Crippen molar-refractivity contribution in [2.24, 2.45) is 0 Å². The van der Waals surface area contributed by atoms with Crippen LogP contribution in [0, 0.1) is 5.82 Å². The van der Waals surface area contributed by atoms with Gasteiger partial charge in [0.25, 0.3) is 0 Å². The first-order valence-electron chi connectivity index (χ1n) is 6.71. The van der Waals surface area contributed by atoms with Crippen molar-refractivity contribution in [2.45, 2.75) is 45.8 Å². The standard InChI is InChI=1S/C15H23BrFNO/c1-5-18-14(15(3,4)19-6-2)9-11-7-12(16)10-13(17)8-11/h7-8,10,14,18H,5-6,9H2,1-4H3. The zero-order valence-corrected chi connectivity index (χ0v) is 13.7.